The maximum absolute atomic E-state index is 9.33. The molecule has 76 valence electrons. The number of allylic oxidation sites excluding steroid dienone is 4. The Bertz CT molecular complexity index is 299. The van der Waals surface area contributed by atoms with Crippen LogP contribution in [0.25, 0.3) is 0 Å². The third-order valence-corrected chi connectivity index (χ3v) is 3.08. The van der Waals surface area contributed by atoms with Crippen molar-refractivity contribution in [1.82, 2.24) is 0 Å². The van der Waals surface area contributed by atoms with Crippen LogP contribution < -0.4 is 0 Å². The summed E-state index contributed by atoms with van der Waals surface area (Å²) in [6.07, 6.45) is 9.64. The first-order valence-corrected chi connectivity index (χ1v) is 5.03. The molecule has 2 aliphatic carbocycles. The second-order valence-electron chi connectivity index (χ2n) is 3.86. The van der Waals surface area contributed by atoms with Gasteiger partial charge in [0.15, 0.2) is 0 Å². The first-order chi connectivity index (χ1) is 6.86. The van der Waals surface area contributed by atoms with Crippen LogP contribution in [0, 0.1) is 11.8 Å². The Balaban J connectivity index is 2.31. The van der Waals surface area contributed by atoms with Crippen molar-refractivity contribution in [3.05, 3.63) is 35.5 Å². The maximum Gasteiger partial charge on any atom is 0.0682 e. The number of ether oxygens (including phenoxy) is 1. The van der Waals surface area contributed by atoms with Crippen LogP contribution in [0.15, 0.2) is 35.5 Å². The first kappa shape index (κ1) is 9.69. The molecule has 0 radical (unpaired) electrons. The van der Waals surface area contributed by atoms with E-state index in [0.717, 1.165) is 12.0 Å². The molecular formula is C12H16O2. The van der Waals surface area contributed by atoms with Crippen LogP contribution in [-0.2, 0) is 4.74 Å². The van der Waals surface area contributed by atoms with Gasteiger partial charge in [-0.1, -0.05) is 24.3 Å². The highest BCUT2D eigenvalue weighted by Crippen LogP contribution is 2.39. The molecule has 2 atom stereocenters. The third-order valence-electron chi connectivity index (χ3n) is 3.08. The SMILES string of the molecule is COCC1=C(CO)[C@@H]2C=CC=C[C@H]1C2. The second-order valence-corrected chi connectivity index (χ2v) is 3.86. The van der Waals surface area contributed by atoms with E-state index >= 15 is 0 Å². The molecule has 0 saturated carbocycles. The number of aliphatic hydroxyl groups excluding tert-OH is 1. The Morgan fingerprint density at radius 1 is 1.29 bits per heavy atom. The van der Waals surface area contributed by atoms with Gasteiger partial charge in [-0.15, -0.1) is 0 Å². The lowest BCUT2D eigenvalue weighted by Gasteiger charge is -2.11. The fourth-order valence-electron chi connectivity index (χ4n) is 2.39. The van der Waals surface area contributed by atoms with E-state index in [-0.39, 0.29) is 6.61 Å². The Morgan fingerprint density at radius 3 is 2.50 bits per heavy atom. The zero-order valence-electron chi connectivity index (χ0n) is 8.44. The number of methoxy groups -OCH3 is 1. The summed E-state index contributed by atoms with van der Waals surface area (Å²) in [6, 6.07) is 0. The molecule has 14 heavy (non-hydrogen) atoms. The Hall–Kier alpha value is -0.860. The third kappa shape index (κ3) is 1.56. The van der Waals surface area contributed by atoms with Crippen molar-refractivity contribution in [2.24, 2.45) is 11.8 Å². The lowest BCUT2D eigenvalue weighted by atomic mass is 10.0. The van der Waals surface area contributed by atoms with Gasteiger partial charge in [-0.05, 0) is 17.6 Å². The van der Waals surface area contributed by atoms with Crippen LogP contribution in [0.1, 0.15) is 6.42 Å². The fourth-order valence-corrected chi connectivity index (χ4v) is 2.39. The predicted octanol–water partition coefficient (Wildman–Crippen LogP) is 1.68. The molecule has 0 unspecified atom stereocenters. The molecule has 2 nitrogen and oxygen atoms in total. The number of hydrogen-bond donors (Lipinski definition) is 1. The summed E-state index contributed by atoms with van der Waals surface area (Å²) >= 11 is 0. The van der Waals surface area contributed by atoms with E-state index in [4.69, 9.17) is 4.74 Å². The molecule has 0 aliphatic heterocycles. The minimum atomic E-state index is 0.165. The zero-order chi connectivity index (χ0) is 9.97. The van der Waals surface area contributed by atoms with Crippen molar-refractivity contribution in [3.63, 3.8) is 0 Å². The van der Waals surface area contributed by atoms with Gasteiger partial charge in [0.05, 0.1) is 13.2 Å². The summed E-state index contributed by atoms with van der Waals surface area (Å²) in [5.41, 5.74) is 2.44. The van der Waals surface area contributed by atoms with Crippen LogP contribution in [0.3, 0.4) is 0 Å². The molecule has 0 aromatic rings. The van der Waals surface area contributed by atoms with Gasteiger partial charge in [0.2, 0.25) is 0 Å². The van der Waals surface area contributed by atoms with E-state index in [1.54, 1.807) is 7.11 Å². The summed E-state index contributed by atoms with van der Waals surface area (Å²) in [5.74, 6) is 0.891. The minimum Gasteiger partial charge on any atom is -0.392 e. The van der Waals surface area contributed by atoms with E-state index in [1.165, 1.54) is 5.57 Å². The van der Waals surface area contributed by atoms with Crippen molar-refractivity contribution in [2.75, 3.05) is 20.3 Å². The Kier molecular flexibility index (Phi) is 2.85. The highest BCUT2D eigenvalue weighted by molar-refractivity contribution is 5.36. The molecular weight excluding hydrogens is 176 g/mol. The molecule has 0 amide bonds. The lowest BCUT2D eigenvalue weighted by molar-refractivity contribution is 0.218. The lowest BCUT2D eigenvalue weighted by Crippen LogP contribution is -2.05. The number of aliphatic hydroxyl groups is 1. The Labute approximate surface area is 84.6 Å². The predicted molar refractivity (Wildman–Crippen MR) is 55.9 cm³/mol. The normalized spacial score (nSPS) is 29.9. The molecule has 2 rings (SSSR count). The topological polar surface area (TPSA) is 29.5 Å². The highest BCUT2D eigenvalue weighted by atomic mass is 16.5. The standard InChI is InChI=1S/C12H16O2/c1-14-8-12-10-5-3-2-4-9(6-10)11(12)7-13/h2-5,9-10,13H,6-8H2,1H3/t9-,10+/m1/s1. The molecule has 2 aliphatic rings. The summed E-state index contributed by atoms with van der Waals surface area (Å²) < 4.78 is 5.18. The van der Waals surface area contributed by atoms with Gasteiger partial charge in [0.1, 0.15) is 0 Å². The van der Waals surface area contributed by atoms with Gasteiger partial charge >= 0.3 is 0 Å². The van der Waals surface area contributed by atoms with Gasteiger partial charge in [-0.25, -0.2) is 0 Å². The molecule has 0 saturated heterocycles. The summed E-state index contributed by atoms with van der Waals surface area (Å²) in [7, 11) is 1.71. The molecule has 0 fully saturated rings. The smallest absolute Gasteiger partial charge is 0.0682 e. The number of fused-ring (bicyclic) bond motifs is 2. The van der Waals surface area contributed by atoms with Crippen molar-refractivity contribution >= 4 is 0 Å². The second kappa shape index (κ2) is 4.11. The molecule has 0 spiro atoms. The molecule has 0 heterocycles. The van der Waals surface area contributed by atoms with E-state index in [9.17, 15) is 5.11 Å². The fraction of sp³-hybridized carbons (Fsp3) is 0.500. The average Bonchev–Trinajstić information content (AvgIpc) is 2.37. The van der Waals surface area contributed by atoms with Gasteiger partial charge in [0.25, 0.3) is 0 Å². The van der Waals surface area contributed by atoms with Crippen molar-refractivity contribution < 1.29 is 9.84 Å². The van der Waals surface area contributed by atoms with E-state index in [1.807, 2.05) is 0 Å². The van der Waals surface area contributed by atoms with Crippen LogP contribution >= 0.6 is 0 Å². The van der Waals surface area contributed by atoms with Crippen LogP contribution in [0.4, 0.5) is 0 Å². The molecule has 0 aromatic carbocycles. The molecule has 2 bridgehead atoms. The maximum atomic E-state index is 9.33. The van der Waals surface area contributed by atoms with E-state index in [2.05, 4.69) is 24.3 Å². The van der Waals surface area contributed by atoms with Gasteiger partial charge in [-0.2, -0.15) is 0 Å². The van der Waals surface area contributed by atoms with Gasteiger partial charge in [0, 0.05) is 18.9 Å². The quantitative estimate of drug-likeness (QED) is 0.689. The van der Waals surface area contributed by atoms with Crippen LogP contribution in [0.2, 0.25) is 0 Å². The highest BCUT2D eigenvalue weighted by Gasteiger charge is 2.30. The summed E-state index contributed by atoms with van der Waals surface area (Å²) in [5, 5.41) is 9.33. The van der Waals surface area contributed by atoms with Crippen molar-refractivity contribution in [1.29, 1.82) is 0 Å². The molecule has 2 heteroatoms. The van der Waals surface area contributed by atoms with Gasteiger partial charge in [-0.3, -0.25) is 0 Å². The number of hydrogen-bond acceptors (Lipinski definition) is 2. The van der Waals surface area contributed by atoms with Crippen LogP contribution in [-0.4, -0.2) is 25.4 Å². The van der Waals surface area contributed by atoms with Crippen LogP contribution in [0.5, 0.6) is 0 Å². The number of rotatable bonds is 3. The first-order valence-electron chi connectivity index (χ1n) is 5.03. The zero-order valence-corrected chi connectivity index (χ0v) is 8.44. The van der Waals surface area contributed by atoms with Crippen molar-refractivity contribution in [3.8, 4) is 0 Å². The van der Waals surface area contributed by atoms with E-state index in [0.29, 0.717) is 18.4 Å². The summed E-state index contributed by atoms with van der Waals surface area (Å²) in [4.78, 5) is 0. The largest absolute Gasteiger partial charge is 0.392 e. The van der Waals surface area contributed by atoms with Gasteiger partial charge < -0.3 is 9.84 Å². The molecule has 0 aromatic heterocycles. The monoisotopic (exact) mass is 192 g/mol. The van der Waals surface area contributed by atoms with E-state index < -0.39 is 0 Å². The minimum absolute atomic E-state index is 0.165. The summed E-state index contributed by atoms with van der Waals surface area (Å²) in [6.45, 7) is 0.813. The Morgan fingerprint density at radius 2 is 1.93 bits per heavy atom. The average molecular weight is 192 g/mol. The van der Waals surface area contributed by atoms with Crippen molar-refractivity contribution in [2.45, 2.75) is 6.42 Å². The molecule has 1 N–H and O–H groups in total.